The SMILES string of the molecule is O=C=NC1=Nc2ccccc2NS1. The normalized spacial score (nSPS) is 13.4. The van der Waals surface area contributed by atoms with Crippen LogP contribution in [0, 0.1) is 0 Å². The molecule has 1 N–H and O–H groups in total. The molecule has 4 nitrogen and oxygen atoms in total. The maximum atomic E-state index is 9.97. The average Bonchev–Trinajstić information content (AvgIpc) is 2.18. The Labute approximate surface area is 78.9 Å². The summed E-state index contributed by atoms with van der Waals surface area (Å²) >= 11 is 1.20. The van der Waals surface area contributed by atoms with Crippen molar-refractivity contribution >= 4 is 34.6 Å². The number of hydrogen-bond donors (Lipinski definition) is 1. The molecule has 1 aliphatic rings. The summed E-state index contributed by atoms with van der Waals surface area (Å²) < 4.78 is 3.01. The third kappa shape index (κ3) is 1.61. The highest BCUT2D eigenvalue weighted by Gasteiger charge is 2.09. The molecule has 0 radical (unpaired) electrons. The van der Waals surface area contributed by atoms with Crippen molar-refractivity contribution in [2.75, 3.05) is 4.72 Å². The van der Waals surface area contributed by atoms with Gasteiger partial charge < -0.3 is 4.72 Å². The number of para-hydroxylation sites is 2. The standard InChI is InChI=1S/C8H5N3OS/c12-5-9-8-10-6-3-1-2-4-7(6)11-13-8/h1-4,11H. The number of hydrogen-bond acceptors (Lipinski definition) is 5. The Kier molecular flexibility index (Phi) is 2.12. The second kappa shape index (κ2) is 3.43. The number of isocyanates is 1. The zero-order valence-electron chi connectivity index (χ0n) is 6.52. The summed E-state index contributed by atoms with van der Waals surface area (Å²) in [6.07, 6.45) is 1.45. The van der Waals surface area contributed by atoms with Crippen molar-refractivity contribution in [3.63, 3.8) is 0 Å². The summed E-state index contributed by atoms with van der Waals surface area (Å²) in [6, 6.07) is 7.55. The molecule has 13 heavy (non-hydrogen) atoms. The fourth-order valence-electron chi connectivity index (χ4n) is 0.971. The van der Waals surface area contributed by atoms with Crippen molar-refractivity contribution in [3.05, 3.63) is 24.3 Å². The number of aliphatic imine (C=N–C) groups is 2. The van der Waals surface area contributed by atoms with E-state index < -0.39 is 0 Å². The van der Waals surface area contributed by atoms with E-state index in [1.807, 2.05) is 24.3 Å². The minimum Gasteiger partial charge on any atom is -0.321 e. The molecule has 0 saturated heterocycles. The lowest BCUT2D eigenvalue weighted by Crippen LogP contribution is -1.99. The van der Waals surface area contributed by atoms with E-state index in [1.165, 1.54) is 18.0 Å². The molecule has 0 spiro atoms. The predicted molar refractivity (Wildman–Crippen MR) is 52.9 cm³/mol. The molecule has 0 atom stereocenters. The topological polar surface area (TPSA) is 53.8 Å². The van der Waals surface area contributed by atoms with Crippen molar-refractivity contribution < 1.29 is 4.79 Å². The van der Waals surface area contributed by atoms with Gasteiger partial charge in [0.25, 0.3) is 0 Å². The average molecular weight is 191 g/mol. The first-order valence-electron chi connectivity index (χ1n) is 3.58. The van der Waals surface area contributed by atoms with E-state index >= 15 is 0 Å². The predicted octanol–water partition coefficient (Wildman–Crippen LogP) is 2.08. The second-order valence-electron chi connectivity index (χ2n) is 2.32. The molecule has 1 aromatic rings. The van der Waals surface area contributed by atoms with Crippen LogP contribution >= 0.6 is 11.9 Å². The van der Waals surface area contributed by atoms with Gasteiger partial charge in [0.15, 0.2) is 0 Å². The van der Waals surface area contributed by atoms with Crippen LogP contribution in [0.2, 0.25) is 0 Å². The van der Waals surface area contributed by atoms with Crippen molar-refractivity contribution in [3.8, 4) is 0 Å². The molecule has 0 bridgehead atoms. The molecule has 1 heterocycles. The summed E-state index contributed by atoms with van der Waals surface area (Å²) in [5.41, 5.74) is 1.72. The smallest absolute Gasteiger partial charge is 0.242 e. The van der Waals surface area contributed by atoms with Crippen LogP contribution in [0.15, 0.2) is 34.3 Å². The number of rotatable bonds is 0. The molecular weight excluding hydrogens is 186 g/mol. The maximum absolute atomic E-state index is 9.97. The van der Waals surface area contributed by atoms with Crippen LogP contribution in [0.4, 0.5) is 11.4 Å². The van der Waals surface area contributed by atoms with Crippen LogP contribution in [0.25, 0.3) is 0 Å². The number of anilines is 1. The molecule has 64 valence electrons. The van der Waals surface area contributed by atoms with E-state index in [9.17, 15) is 4.79 Å². The van der Waals surface area contributed by atoms with Gasteiger partial charge in [0.05, 0.1) is 11.4 Å². The molecule has 0 amide bonds. The van der Waals surface area contributed by atoms with E-state index in [4.69, 9.17) is 0 Å². The van der Waals surface area contributed by atoms with Crippen molar-refractivity contribution in [1.82, 2.24) is 0 Å². The van der Waals surface area contributed by atoms with Crippen molar-refractivity contribution in [1.29, 1.82) is 0 Å². The number of benzene rings is 1. The first-order valence-corrected chi connectivity index (χ1v) is 4.40. The molecule has 5 heteroatoms. The van der Waals surface area contributed by atoms with Crippen molar-refractivity contribution in [2.45, 2.75) is 0 Å². The number of carbonyl (C=O) groups excluding carboxylic acids is 1. The van der Waals surface area contributed by atoms with Gasteiger partial charge in [-0.3, -0.25) is 0 Å². The van der Waals surface area contributed by atoms with Gasteiger partial charge in [-0.2, -0.15) is 0 Å². The quantitative estimate of drug-likeness (QED) is 0.388. The Morgan fingerprint density at radius 1 is 1.46 bits per heavy atom. The Hall–Kier alpha value is -1.58. The highest BCUT2D eigenvalue weighted by atomic mass is 32.2. The highest BCUT2D eigenvalue weighted by molar-refractivity contribution is 8.15. The summed E-state index contributed by atoms with van der Waals surface area (Å²) in [4.78, 5) is 17.5. The van der Waals surface area contributed by atoms with Gasteiger partial charge in [0, 0.05) is 11.9 Å². The minimum absolute atomic E-state index is 0.383. The first-order chi connectivity index (χ1) is 6.40. The van der Waals surface area contributed by atoms with Gasteiger partial charge >= 0.3 is 0 Å². The Bertz CT molecular complexity index is 410. The van der Waals surface area contributed by atoms with Crippen LogP contribution in [-0.2, 0) is 4.79 Å². The van der Waals surface area contributed by atoms with E-state index in [0.29, 0.717) is 5.17 Å². The van der Waals surface area contributed by atoms with E-state index in [0.717, 1.165) is 11.4 Å². The number of fused-ring (bicyclic) bond motifs is 1. The molecule has 0 aromatic heterocycles. The number of amidine groups is 1. The van der Waals surface area contributed by atoms with Gasteiger partial charge in [0.1, 0.15) is 0 Å². The lowest BCUT2D eigenvalue weighted by molar-refractivity contribution is 0.566. The third-order valence-corrected chi connectivity index (χ3v) is 2.20. The van der Waals surface area contributed by atoms with Crippen LogP contribution < -0.4 is 4.72 Å². The molecule has 0 aliphatic carbocycles. The van der Waals surface area contributed by atoms with E-state index in [2.05, 4.69) is 14.7 Å². The van der Waals surface area contributed by atoms with Crippen LogP contribution in [0.1, 0.15) is 0 Å². The van der Waals surface area contributed by atoms with E-state index in [-0.39, 0.29) is 0 Å². The Balaban J connectivity index is 2.43. The fraction of sp³-hybridized carbons (Fsp3) is 0. The molecule has 0 unspecified atom stereocenters. The Morgan fingerprint density at radius 2 is 2.31 bits per heavy atom. The van der Waals surface area contributed by atoms with Crippen LogP contribution in [-0.4, -0.2) is 11.2 Å². The third-order valence-electron chi connectivity index (χ3n) is 1.51. The second-order valence-corrected chi connectivity index (χ2v) is 3.09. The van der Waals surface area contributed by atoms with Crippen LogP contribution in [0.3, 0.4) is 0 Å². The zero-order valence-corrected chi connectivity index (χ0v) is 7.34. The lowest BCUT2D eigenvalue weighted by Gasteiger charge is -2.11. The maximum Gasteiger partial charge on any atom is 0.242 e. The minimum atomic E-state index is 0.383. The van der Waals surface area contributed by atoms with Gasteiger partial charge in [-0.05, 0) is 12.1 Å². The first kappa shape index (κ1) is 8.04. The van der Waals surface area contributed by atoms with Gasteiger partial charge in [-0.1, -0.05) is 12.1 Å². The highest BCUT2D eigenvalue weighted by Crippen LogP contribution is 2.32. The van der Waals surface area contributed by atoms with Crippen molar-refractivity contribution in [2.24, 2.45) is 9.98 Å². The summed E-state index contributed by atoms with van der Waals surface area (Å²) in [6.45, 7) is 0. The van der Waals surface area contributed by atoms with Gasteiger partial charge in [-0.25, -0.2) is 9.79 Å². The summed E-state index contributed by atoms with van der Waals surface area (Å²) in [5, 5.41) is 0.383. The Morgan fingerprint density at radius 3 is 3.15 bits per heavy atom. The zero-order chi connectivity index (χ0) is 9.10. The molecule has 1 aliphatic heterocycles. The number of nitrogens with one attached hydrogen (secondary N) is 1. The largest absolute Gasteiger partial charge is 0.321 e. The fourth-order valence-corrected chi connectivity index (χ4v) is 1.57. The van der Waals surface area contributed by atoms with E-state index in [1.54, 1.807) is 0 Å². The summed E-state index contributed by atoms with van der Waals surface area (Å²) in [7, 11) is 0. The van der Waals surface area contributed by atoms with Crippen LogP contribution in [0.5, 0.6) is 0 Å². The molecule has 0 saturated carbocycles. The molecule has 0 fully saturated rings. The molecule has 1 aromatic carbocycles. The van der Waals surface area contributed by atoms with Gasteiger partial charge in [0.2, 0.25) is 11.2 Å². The molecule has 2 rings (SSSR count). The monoisotopic (exact) mass is 191 g/mol. The lowest BCUT2D eigenvalue weighted by atomic mass is 10.3. The summed E-state index contributed by atoms with van der Waals surface area (Å²) in [5.74, 6) is 0. The van der Waals surface area contributed by atoms with Gasteiger partial charge in [-0.15, -0.1) is 4.99 Å². The molecular formula is C8H5N3OS. The number of nitrogens with zero attached hydrogens (tertiary/aromatic N) is 2.